The van der Waals surface area contributed by atoms with Crippen LogP contribution in [0.4, 0.5) is 5.13 Å². The largest absolute Gasteiger partial charge is 0.296 e. The summed E-state index contributed by atoms with van der Waals surface area (Å²) in [4.78, 5) is 13.0. The summed E-state index contributed by atoms with van der Waals surface area (Å²) in [6, 6.07) is 9.58. The van der Waals surface area contributed by atoms with Gasteiger partial charge in [-0.25, -0.2) is 8.42 Å². The van der Waals surface area contributed by atoms with Gasteiger partial charge in [-0.2, -0.15) is 4.31 Å². The summed E-state index contributed by atoms with van der Waals surface area (Å²) in [5.41, 5.74) is 2.16. The molecule has 0 unspecified atom stereocenters. The van der Waals surface area contributed by atoms with Gasteiger partial charge in [-0.15, -0.1) is 21.5 Å². The Morgan fingerprint density at radius 2 is 1.80 bits per heavy atom. The van der Waals surface area contributed by atoms with E-state index in [9.17, 15) is 13.2 Å². The molecule has 0 aliphatic carbocycles. The second kappa shape index (κ2) is 8.54. The number of carbonyl (C=O) groups is 1. The highest BCUT2D eigenvalue weighted by atomic mass is 32.2. The van der Waals surface area contributed by atoms with Crippen LogP contribution in [0.15, 0.2) is 40.6 Å². The summed E-state index contributed by atoms with van der Waals surface area (Å²) in [6.45, 7) is 5.26. The Kier molecular flexibility index (Phi) is 6.01. The van der Waals surface area contributed by atoms with Gasteiger partial charge in [-0.05, 0) is 35.8 Å². The highest BCUT2D eigenvalue weighted by Crippen LogP contribution is 2.31. The Hall–Kier alpha value is -2.14. The quantitative estimate of drug-likeness (QED) is 0.585. The third-order valence-corrected chi connectivity index (χ3v) is 8.86. The average molecular weight is 463 g/mol. The number of amides is 1. The maximum Gasteiger partial charge on any atom is 0.268 e. The molecule has 3 heterocycles. The number of nitrogens with zero attached hydrogens (tertiary/aromatic N) is 3. The van der Waals surface area contributed by atoms with Gasteiger partial charge >= 0.3 is 0 Å². The van der Waals surface area contributed by atoms with E-state index < -0.39 is 15.9 Å². The van der Waals surface area contributed by atoms with Crippen LogP contribution in [-0.2, 0) is 10.0 Å². The zero-order valence-electron chi connectivity index (χ0n) is 16.7. The van der Waals surface area contributed by atoms with Crippen molar-refractivity contribution in [2.45, 2.75) is 37.5 Å². The average Bonchev–Trinajstić information content (AvgIpc) is 3.49. The number of nitrogens with one attached hydrogen (secondary N) is 1. The monoisotopic (exact) mass is 462 g/mol. The molecule has 3 aromatic rings. The zero-order chi connectivity index (χ0) is 21.3. The van der Waals surface area contributed by atoms with Gasteiger partial charge in [0.25, 0.3) is 5.91 Å². The first-order valence-electron chi connectivity index (χ1n) is 9.69. The lowest BCUT2D eigenvalue weighted by Gasteiger charge is -2.15. The normalized spacial score (nSPS) is 15.0. The number of rotatable bonds is 6. The minimum Gasteiger partial charge on any atom is -0.296 e. The molecule has 10 heteroatoms. The van der Waals surface area contributed by atoms with Crippen molar-refractivity contribution in [3.05, 3.63) is 46.2 Å². The lowest BCUT2D eigenvalue weighted by atomic mass is 10.0. The molecule has 1 aromatic carbocycles. The molecule has 4 rings (SSSR count). The molecule has 1 aliphatic heterocycles. The first kappa shape index (κ1) is 21.1. The summed E-state index contributed by atoms with van der Waals surface area (Å²) in [6.07, 6.45) is 1.69. The first-order valence-corrected chi connectivity index (χ1v) is 12.8. The molecule has 158 valence electrons. The Morgan fingerprint density at radius 3 is 2.47 bits per heavy atom. The number of benzene rings is 1. The van der Waals surface area contributed by atoms with Crippen LogP contribution in [0.1, 0.15) is 47.8 Å². The number of hydrogen-bond acceptors (Lipinski definition) is 7. The third-order valence-electron chi connectivity index (χ3n) is 4.99. The molecule has 0 atom stereocenters. The maximum absolute atomic E-state index is 12.9. The van der Waals surface area contributed by atoms with Crippen molar-refractivity contribution < 1.29 is 13.2 Å². The molecule has 0 spiro atoms. The smallest absolute Gasteiger partial charge is 0.268 e. The topological polar surface area (TPSA) is 92.3 Å². The van der Waals surface area contributed by atoms with Crippen LogP contribution in [0.2, 0.25) is 0 Å². The van der Waals surface area contributed by atoms with Gasteiger partial charge in [-0.1, -0.05) is 49.4 Å². The summed E-state index contributed by atoms with van der Waals surface area (Å²) in [5.74, 6) is -0.0409. The lowest BCUT2D eigenvalue weighted by molar-refractivity contribution is 0.102. The van der Waals surface area contributed by atoms with Crippen LogP contribution in [0, 0.1) is 0 Å². The van der Waals surface area contributed by atoms with Crippen LogP contribution in [-0.4, -0.2) is 41.9 Å². The molecular weight excluding hydrogens is 440 g/mol. The molecule has 0 radical (unpaired) electrons. The predicted molar refractivity (Wildman–Crippen MR) is 120 cm³/mol. The molecule has 1 N–H and O–H groups in total. The van der Waals surface area contributed by atoms with Gasteiger partial charge in [0.2, 0.25) is 15.2 Å². The van der Waals surface area contributed by atoms with Crippen molar-refractivity contribution in [1.82, 2.24) is 14.5 Å². The highest BCUT2D eigenvalue weighted by molar-refractivity contribution is 7.89. The number of sulfonamides is 1. The van der Waals surface area contributed by atoms with Gasteiger partial charge in [0.05, 0.1) is 0 Å². The van der Waals surface area contributed by atoms with Crippen LogP contribution >= 0.6 is 22.7 Å². The second-order valence-electron chi connectivity index (χ2n) is 7.37. The second-order valence-corrected chi connectivity index (χ2v) is 11.2. The van der Waals surface area contributed by atoms with Crippen molar-refractivity contribution in [2.75, 3.05) is 18.4 Å². The Balaban J connectivity index is 1.51. The minimum absolute atomic E-state index is 0.0564. The molecule has 7 nitrogen and oxygen atoms in total. The van der Waals surface area contributed by atoms with Crippen LogP contribution in [0.25, 0.3) is 10.6 Å². The number of hydrogen-bond donors (Lipinski definition) is 1. The fourth-order valence-corrected chi connectivity index (χ4v) is 6.85. The number of aromatic nitrogens is 2. The number of anilines is 1. The van der Waals surface area contributed by atoms with E-state index in [2.05, 4.69) is 41.5 Å². The molecule has 1 aliphatic rings. The van der Waals surface area contributed by atoms with Gasteiger partial charge in [0.1, 0.15) is 14.8 Å². The zero-order valence-corrected chi connectivity index (χ0v) is 19.1. The van der Waals surface area contributed by atoms with E-state index in [1.807, 2.05) is 12.1 Å². The van der Waals surface area contributed by atoms with E-state index in [4.69, 9.17) is 0 Å². The van der Waals surface area contributed by atoms with Crippen LogP contribution < -0.4 is 5.32 Å². The van der Waals surface area contributed by atoms with E-state index >= 15 is 0 Å². The van der Waals surface area contributed by atoms with Crippen molar-refractivity contribution in [3.63, 3.8) is 0 Å². The van der Waals surface area contributed by atoms with Crippen molar-refractivity contribution >= 4 is 43.7 Å². The molecule has 1 saturated heterocycles. The van der Waals surface area contributed by atoms with E-state index in [-0.39, 0.29) is 9.77 Å². The van der Waals surface area contributed by atoms with Gasteiger partial charge < -0.3 is 0 Å². The fraction of sp³-hybridized carbons (Fsp3) is 0.350. The SMILES string of the molecule is CC(C)c1ccc(-c2nnc(NC(=O)c3sccc3S(=O)(=O)N3CCCC3)s2)cc1. The maximum atomic E-state index is 12.9. The van der Waals surface area contributed by atoms with Crippen molar-refractivity contribution in [3.8, 4) is 10.6 Å². The molecular formula is C20H22N4O3S3. The Labute approximate surface area is 183 Å². The van der Waals surface area contributed by atoms with E-state index in [0.29, 0.717) is 29.1 Å². The van der Waals surface area contributed by atoms with E-state index in [0.717, 1.165) is 29.7 Å². The van der Waals surface area contributed by atoms with Crippen molar-refractivity contribution in [2.24, 2.45) is 0 Å². The minimum atomic E-state index is -3.66. The molecule has 1 amide bonds. The highest BCUT2D eigenvalue weighted by Gasteiger charge is 2.32. The van der Waals surface area contributed by atoms with Crippen LogP contribution in [0.5, 0.6) is 0 Å². The summed E-state index contributed by atoms with van der Waals surface area (Å²) < 4.78 is 27.2. The molecule has 1 fully saturated rings. The summed E-state index contributed by atoms with van der Waals surface area (Å²) in [7, 11) is -3.66. The number of thiophene rings is 1. The fourth-order valence-electron chi connectivity index (χ4n) is 3.29. The van der Waals surface area contributed by atoms with Gasteiger partial charge in [0, 0.05) is 18.7 Å². The van der Waals surface area contributed by atoms with E-state index in [1.54, 1.807) is 5.38 Å². The number of carbonyl (C=O) groups excluding carboxylic acids is 1. The van der Waals surface area contributed by atoms with Gasteiger partial charge in [0.15, 0.2) is 0 Å². The third kappa shape index (κ3) is 4.18. The van der Waals surface area contributed by atoms with Gasteiger partial charge in [-0.3, -0.25) is 10.1 Å². The molecule has 0 saturated carbocycles. The Bertz CT molecular complexity index is 1140. The van der Waals surface area contributed by atoms with Crippen LogP contribution in [0.3, 0.4) is 0 Å². The first-order chi connectivity index (χ1) is 14.4. The Morgan fingerprint density at radius 1 is 1.10 bits per heavy atom. The molecule has 30 heavy (non-hydrogen) atoms. The molecule has 2 aromatic heterocycles. The summed E-state index contributed by atoms with van der Waals surface area (Å²) in [5, 5.41) is 13.6. The van der Waals surface area contributed by atoms with Crippen molar-refractivity contribution in [1.29, 1.82) is 0 Å². The standard InChI is InChI=1S/C20H22N4O3S3/c1-13(2)14-5-7-15(8-6-14)19-22-23-20(29-19)21-18(25)17-16(9-12-28-17)30(26,27)24-10-3-4-11-24/h5-9,12-13H,3-4,10-11H2,1-2H3,(H,21,23,25). The predicted octanol–water partition coefficient (Wildman–Crippen LogP) is 4.43. The lowest BCUT2D eigenvalue weighted by Crippen LogP contribution is -2.29. The molecule has 0 bridgehead atoms. The summed E-state index contributed by atoms with van der Waals surface area (Å²) >= 11 is 2.36. The van der Waals surface area contributed by atoms with E-state index in [1.165, 1.54) is 27.3 Å².